The number of ether oxygens (including phenoxy) is 7. The van der Waals surface area contributed by atoms with E-state index >= 15 is 0 Å². The summed E-state index contributed by atoms with van der Waals surface area (Å²) in [5.41, 5.74) is -4.34. The highest BCUT2D eigenvalue weighted by Crippen LogP contribution is 2.41. The summed E-state index contributed by atoms with van der Waals surface area (Å²) >= 11 is 0. The van der Waals surface area contributed by atoms with Crippen molar-refractivity contribution in [3.8, 4) is 0 Å². The van der Waals surface area contributed by atoms with Gasteiger partial charge in [-0.15, -0.1) is 0 Å². The predicted octanol–water partition coefficient (Wildman–Crippen LogP) is 2.73. The zero-order chi connectivity index (χ0) is 41.4. The van der Waals surface area contributed by atoms with E-state index in [4.69, 9.17) is 38.2 Å². The Morgan fingerprint density at radius 1 is 0.982 bits per heavy atom. The van der Waals surface area contributed by atoms with Crippen LogP contribution in [0.3, 0.4) is 0 Å². The Hall–Kier alpha value is -1.66. The number of aliphatic imine (C=N–C) groups is 1. The molecule has 0 bridgehead atoms. The molecule has 0 saturated carbocycles. The van der Waals surface area contributed by atoms with Crippen LogP contribution >= 0.6 is 0 Å². The van der Waals surface area contributed by atoms with Gasteiger partial charge >= 0.3 is 5.97 Å². The van der Waals surface area contributed by atoms with Crippen LogP contribution < -0.4 is 5.32 Å². The maximum Gasteiger partial charge on any atom is 0.311 e. The second-order valence-electron chi connectivity index (χ2n) is 17.9. The van der Waals surface area contributed by atoms with Crippen LogP contribution in [0.2, 0.25) is 0 Å². The first kappa shape index (κ1) is 46.0. The molecule has 18 atom stereocenters. The van der Waals surface area contributed by atoms with Gasteiger partial charge in [-0.1, -0.05) is 20.8 Å². The van der Waals surface area contributed by atoms with Crippen LogP contribution in [0.15, 0.2) is 4.99 Å². The number of carbonyl (C=O) groups excluding carboxylic acids is 1. The highest BCUT2D eigenvalue weighted by Gasteiger charge is 2.54. The molecule has 0 aliphatic carbocycles. The average Bonchev–Trinajstić information content (AvgIpc) is 3.41. The van der Waals surface area contributed by atoms with Crippen molar-refractivity contribution in [2.24, 2.45) is 22.7 Å². The number of likely N-dealkylation sites (N-methyl/N-ethyl adjacent to an activating group) is 1. The number of aliphatic hydroxyl groups excluding tert-OH is 2. The minimum atomic E-state index is -1.80. The summed E-state index contributed by atoms with van der Waals surface area (Å²) in [6, 6.07) is -0.178. The average molecular weight is 788 g/mol. The molecule has 0 unspecified atom stereocenters. The molecule has 4 aliphatic rings. The summed E-state index contributed by atoms with van der Waals surface area (Å²) in [4.78, 5) is 21.0. The fourth-order valence-corrected chi connectivity index (χ4v) is 9.04. The Balaban J connectivity index is 1.81. The van der Waals surface area contributed by atoms with Gasteiger partial charge in [-0.05, 0) is 94.0 Å². The summed E-state index contributed by atoms with van der Waals surface area (Å²) in [6.45, 7) is 22.1. The largest absolute Gasteiger partial charge is 0.459 e. The Kier molecular flexibility index (Phi) is 15.1. The van der Waals surface area contributed by atoms with Gasteiger partial charge in [0.15, 0.2) is 18.7 Å². The molecule has 0 radical (unpaired) electrons. The molecule has 4 fully saturated rings. The summed E-state index contributed by atoms with van der Waals surface area (Å²) in [6.07, 6.45) is -7.23. The van der Waals surface area contributed by atoms with Crippen molar-refractivity contribution in [2.45, 2.75) is 205 Å². The molecule has 15 nitrogen and oxygen atoms in total. The van der Waals surface area contributed by atoms with E-state index in [1.807, 2.05) is 46.6 Å². The first-order valence-corrected chi connectivity index (χ1v) is 20.4. The maximum atomic E-state index is 14.3. The molecule has 4 heterocycles. The Morgan fingerprint density at radius 3 is 2.24 bits per heavy atom. The summed E-state index contributed by atoms with van der Waals surface area (Å²) < 4.78 is 44.7. The third kappa shape index (κ3) is 10.1. The molecule has 0 aromatic heterocycles. The molecule has 15 heteroatoms. The van der Waals surface area contributed by atoms with E-state index < -0.39 is 96.0 Å². The SMILES string of the molecule is CC[C@H]1OC(=O)[C@H](C)[C@@H](O[C@H]2C[C@@](C)(OC)[C@@H](O)[C@H](C)O2)[C@H](C)[C@@H](O[C@H]2O[C@H](C)C[C@H]3[C@H]2OC(=NC(C)C)N3C)[C@](C)(O)C[C@@H](C)CN[C@H](C)[C@@H](O)[C@]1(C)O. The van der Waals surface area contributed by atoms with Crippen molar-refractivity contribution >= 4 is 12.0 Å². The highest BCUT2D eigenvalue weighted by molar-refractivity contribution is 5.76. The number of esters is 1. The number of carbonyl (C=O) groups is 1. The van der Waals surface area contributed by atoms with Gasteiger partial charge in [-0.25, -0.2) is 4.99 Å². The van der Waals surface area contributed by atoms with E-state index in [9.17, 15) is 25.2 Å². The van der Waals surface area contributed by atoms with Gasteiger partial charge in [-0.3, -0.25) is 4.79 Å². The lowest BCUT2D eigenvalue weighted by Crippen LogP contribution is -2.60. The Labute approximate surface area is 328 Å². The number of cyclic esters (lactones) is 1. The molecule has 0 aromatic rings. The molecule has 4 rings (SSSR count). The molecular formula is C40H73N3O12. The fraction of sp³-hybridized carbons (Fsp3) is 0.950. The highest BCUT2D eigenvalue weighted by atomic mass is 16.7. The van der Waals surface area contributed by atoms with Crippen LogP contribution in [0.25, 0.3) is 0 Å². The Bertz CT molecular complexity index is 1300. The summed E-state index contributed by atoms with van der Waals surface area (Å²) in [5, 5.41) is 49.9. The van der Waals surface area contributed by atoms with Gasteiger partial charge < -0.3 is 63.8 Å². The van der Waals surface area contributed by atoms with Gasteiger partial charge in [0, 0.05) is 38.6 Å². The molecule has 0 amide bonds. The van der Waals surface area contributed by atoms with E-state index in [0.29, 0.717) is 19.0 Å². The van der Waals surface area contributed by atoms with Crippen molar-refractivity contribution in [1.29, 1.82) is 0 Å². The minimum Gasteiger partial charge on any atom is -0.459 e. The molecule has 320 valence electrons. The quantitative estimate of drug-likeness (QED) is 0.237. The van der Waals surface area contributed by atoms with Crippen LogP contribution in [-0.2, 0) is 38.0 Å². The van der Waals surface area contributed by atoms with Crippen LogP contribution in [0.1, 0.15) is 109 Å². The number of hydrogen-bond donors (Lipinski definition) is 5. The second kappa shape index (κ2) is 18.1. The molecule has 0 spiro atoms. The maximum absolute atomic E-state index is 14.3. The molecule has 0 aromatic carbocycles. The topological polar surface area (TPSA) is 190 Å². The van der Waals surface area contributed by atoms with Crippen molar-refractivity contribution in [2.75, 3.05) is 20.7 Å². The number of rotatable bonds is 7. The predicted molar refractivity (Wildman–Crippen MR) is 205 cm³/mol. The zero-order valence-electron chi connectivity index (χ0n) is 35.7. The lowest BCUT2D eigenvalue weighted by Gasteiger charge is -2.48. The van der Waals surface area contributed by atoms with Crippen molar-refractivity contribution in [3.63, 3.8) is 0 Å². The number of nitrogens with zero attached hydrogens (tertiary/aromatic N) is 2. The van der Waals surface area contributed by atoms with Crippen LogP contribution in [-0.4, -0.2) is 154 Å². The normalized spacial score (nSPS) is 48.9. The van der Waals surface area contributed by atoms with Crippen molar-refractivity contribution in [3.05, 3.63) is 0 Å². The van der Waals surface area contributed by atoms with E-state index in [0.717, 1.165) is 0 Å². The molecule has 4 saturated heterocycles. The number of fused-ring (bicyclic) bond motifs is 1. The second-order valence-corrected chi connectivity index (χ2v) is 17.9. The van der Waals surface area contributed by atoms with Crippen LogP contribution in [0, 0.1) is 17.8 Å². The lowest BCUT2D eigenvalue weighted by molar-refractivity contribution is -0.313. The first-order chi connectivity index (χ1) is 25.5. The molecule has 4 aliphatic heterocycles. The van der Waals surface area contributed by atoms with Gasteiger partial charge in [0.25, 0.3) is 6.02 Å². The van der Waals surface area contributed by atoms with Crippen molar-refractivity contribution < 1.29 is 58.4 Å². The molecular weight excluding hydrogens is 714 g/mol. The lowest BCUT2D eigenvalue weighted by atomic mass is 9.77. The number of aliphatic hydroxyl groups is 4. The van der Waals surface area contributed by atoms with Crippen LogP contribution in [0.5, 0.6) is 0 Å². The zero-order valence-corrected chi connectivity index (χ0v) is 35.7. The standard InChI is InChI=1S/C40H73N3O12/c1-15-28-40(12,48)32(44)25(8)41-19-21(4)17-38(10,47)34(55-36-31-27(16-22(5)50-36)43(13)37(54-31)42-20(2)3)23(6)30(24(7)35(46)52-28)53-29-18-39(11,49-14)33(45)26(9)51-29/h20-34,36,41,44-45,47-48H,15-19H2,1-14H3/t21-,22-,23+,24-,25-,26+,27+,28-,29+,30+,31-,32-,33+,34-,36-,38-,39-,40-/m1/s1. The monoisotopic (exact) mass is 788 g/mol. The number of methoxy groups -OCH3 is 1. The smallest absolute Gasteiger partial charge is 0.311 e. The summed E-state index contributed by atoms with van der Waals surface area (Å²) in [5.74, 6) is -2.52. The number of amidine groups is 1. The Morgan fingerprint density at radius 2 is 1.64 bits per heavy atom. The van der Waals surface area contributed by atoms with E-state index in [2.05, 4.69) is 5.32 Å². The van der Waals surface area contributed by atoms with E-state index in [1.165, 1.54) is 14.0 Å². The van der Waals surface area contributed by atoms with Gasteiger partial charge in [0.2, 0.25) is 0 Å². The van der Waals surface area contributed by atoms with Crippen LogP contribution in [0.4, 0.5) is 0 Å². The first-order valence-electron chi connectivity index (χ1n) is 20.4. The van der Waals surface area contributed by atoms with Gasteiger partial charge in [-0.2, -0.15) is 0 Å². The molecule has 5 N–H and O–H groups in total. The summed E-state index contributed by atoms with van der Waals surface area (Å²) in [7, 11) is 3.47. The molecule has 55 heavy (non-hydrogen) atoms. The van der Waals surface area contributed by atoms with Gasteiger partial charge in [0.05, 0.1) is 47.6 Å². The third-order valence-corrected chi connectivity index (χ3v) is 12.4. The number of nitrogens with one attached hydrogen (secondary N) is 1. The third-order valence-electron chi connectivity index (χ3n) is 12.4. The fourth-order valence-electron chi connectivity index (χ4n) is 9.04. The van der Waals surface area contributed by atoms with E-state index in [-0.39, 0.29) is 43.4 Å². The number of hydrogen-bond acceptors (Lipinski definition) is 14. The van der Waals surface area contributed by atoms with E-state index in [1.54, 1.807) is 41.5 Å². The minimum absolute atomic E-state index is 0.000236. The van der Waals surface area contributed by atoms with Crippen molar-refractivity contribution in [1.82, 2.24) is 10.2 Å². The van der Waals surface area contributed by atoms with Gasteiger partial charge in [0.1, 0.15) is 23.9 Å².